The Kier molecular flexibility index (Phi) is 9.05. The molecule has 3 amide bonds. The molecule has 1 aromatic heterocycles. The number of aromatic nitrogens is 1. The van der Waals surface area contributed by atoms with Gasteiger partial charge in [0.05, 0.1) is 12.6 Å². The first-order valence-electron chi connectivity index (χ1n) is 9.84. The number of carbonyl (C=O) groups is 4. The minimum atomic E-state index is -1.57. The number of benzene rings is 1. The fourth-order valence-electron chi connectivity index (χ4n) is 3.09. The standard InChI is InChI=1S/C20H27N5O6S/c1-10(26)17(20(30)31)25-18(28)14(24-19(29)15(9-32)23-16(27)7-21)6-11-8-22-13-5-3-2-4-12(11)13/h2-5,8,10,14-15,17,22,26,32H,6-7,9,21H2,1H3,(H,23,27)(H,24,29)(H,25,28)(H,30,31). The van der Waals surface area contributed by atoms with Gasteiger partial charge in [-0.25, -0.2) is 4.79 Å². The van der Waals surface area contributed by atoms with Gasteiger partial charge in [-0.05, 0) is 18.6 Å². The molecule has 4 unspecified atom stereocenters. The van der Waals surface area contributed by atoms with Crippen molar-refractivity contribution in [1.82, 2.24) is 20.9 Å². The number of nitrogens with one attached hydrogen (secondary N) is 4. The molecule has 1 heterocycles. The third kappa shape index (κ3) is 6.45. The average molecular weight is 466 g/mol. The molecule has 174 valence electrons. The zero-order valence-corrected chi connectivity index (χ0v) is 18.3. The molecule has 0 saturated heterocycles. The highest BCUT2D eigenvalue weighted by molar-refractivity contribution is 7.80. The molecule has 12 heteroatoms. The molecule has 2 rings (SSSR count). The second-order valence-electron chi connectivity index (χ2n) is 7.20. The van der Waals surface area contributed by atoms with Gasteiger partial charge in [-0.3, -0.25) is 14.4 Å². The maximum Gasteiger partial charge on any atom is 0.328 e. The van der Waals surface area contributed by atoms with Crippen molar-refractivity contribution in [1.29, 1.82) is 0 Å². The lowest BCUT2D eigenvalue weighted by molar-refractivity contribution is -0.145. The monoisotopic (exact) mass is 465 g/mol. The summed E-state index contributed by atoms with van der Waals surface area (Å²) in [6, 6.07) is 3.53. The van der Waals surface area contributed by atoms with Gasteiger partial charge in [0.2, 0.25) is 17.7 Å². The topological polar surface area (TPSA) is 187 Å². The van der Waals surface area contributed by atoms with Crippen LogP contribution in [0.2, 0.25) is 0 Å². The zero-order chi connectivity index (χ0) is 23.8. The molecular formula is C20H27N5O6S. The van der Waals surface area contributed by atoms with Crippen LogP contribution in [0.3, 0.4) is 0 Å². The van der Waals surface area contributed by atoms with Gasteiger partial charge in [-0.2, -0.15) is 12.6 Å². The smallest absolute Gasteiger partial charge is 0.328 e. The van der Waals surface area contributed by atoms with Gasteiger partial charge in [-0.15, -0.1) is 0 Å². The molecular weight excluding hydrogens is 438 g/mol. The maximum atomic E-state index is 12.9. The lowest BCUT2D eigenvalue weighted by Gasteiger charge is -2.24. The van der Waals surface area contributed by atoms with E-state index in [2.05, 4.69) is 33.6 Å². The second kappa shape index (κ2) is 11.5. The molecule has 0 aliphatic rings. The molecule has 0 spiro atoms. The Morgan fingerprint density at radius 3 is 2.34 bits per heavy atom. The van der Waals surface area contributed by atoms with E-state index in [0.29, 0.717) is 5.56 Å². The molecule has 2 aromatic rings. The Morgan fingerprint density at radius 2 is 1.75 bits per heavy atom. The van der Waals surface area contributed by atoms with Gasteiger partial charge < -0.3 is 36.9 Å². The normalized spacial score (nSPS) is 14.8. The number of aliphatic hydroxyl groups excluding tert-OH is 1. The summed E-state index contributed by atoms with van der Waals surface area (Å²) in [7, 11) is 0. The number of carboxylic acids is 1. The van der Waals surface area contributed by atoms with Crippen LogP contribution in [-0.2, 0) is 25.6 Å². The number of hydrogen-bond acceptors (Lipinski definition) is 7. The number of fused-ring (bicyclic) bond motifs is 1. The summed E-state index contributed by atoms with van der Waals surface area (Å²) in [6.07, 6.45) is 0.347. The third-order valence-corrected chi connectivity index (χ3v) is 5.16. The second-order valence-corrected chi connectivity index (χ2v) is 7.56. The highest BCUT2D eigenvalue weighted by Crippen LogP contribution is 2.19. The molecule has 0 bridgehead atoms. The molecule has 0 fully saturated rings. The molecule has 4 atom stereocenters. The van der Waals surface area contributed by atoms with Crippen LogP contribution in [0.5, 0.6) is 0 Å². The lowest BCUT2D eigenvalue weighted by Crippen LogP contribution is -2.58. The van der Waals surface area contributed by atoms with Crippen LogP contribution < -0.4 is 21.7 Å². The summed E-state index contributed by atoms with van der Waals surface area (Å²) in [5, 5.41) is 27.0. The number of hydrogen-bond donors (Lipinski definition) is 8. The van der Waals surface area contributed by atoms with Crippen LogP contribution in [0.4, 0.5) is 0 Å². The van der Waals surface area contributed by atoms with Crippen LogP contribution >= 0.6 is 12.6 Å². The van der Waals surface area contributed by atoms with Gasteiger partial charge in [0.25, 0.3) is 0 Å². The van der Waals surface area contributed by atoms with Gasteiger partial charge in [0.1, 0.15) is 12.1 Å². The van der Waals surface area contributed by atoms with E-state index in [1.807, 2.05) is 24.3 Å². The molecule has 0 aliphatic carbocycles. The number of H-pyrrole nitrogens is 1. The Balaban J connectivity index is 2.28. The number of aliphatic hydroxyl groups is 1. The number of aliphatic carboxylic acids is 1. The number of rotatable bonds is 11. The van der Waals surface area contributed by atoms with E-state index in [9.17, 15) is 29.4 Å². The summed E-state index contributed by atoms with van der Waals surface area (Å²) in [5.41, 5.74) is 6.79. The van der Waals surface area contributed by atoms with E-state index in [1.165, 1.54) is 6.92 Å². The minimum Gasteiger partial charge on any atom is -0.480 e. The van der Waals surface area contributed by atoms with Crippen LogP contribution in [0.25, 0.3) is 10.9 Å². The minimum absolute atomic E-state index is 0.0257. The molecule has 11 nitrogen and oxygen atoms in total. The highest BCUT2D eigenvalue weighted by Gasteiger charge is 2.31. The highest BCUT2D eigenvalue weighted by atomic mass is 32.1. The van der Waals surface area contributed by atoms with E-state index in [-0.39, 0.29) is 18.7 Å². The summed E-state index contributed by atoms with van der Waals surface area (Å²) < 4.78 is 0. The number of amides is 3. The number of carboxylic acid groups (broad SMARTS) is 1. The number of aromatic amines is 1. The number of para-hydroxylation sites is 1. The first-order chi connectivity index (χ1) is 15.2. The Morgan fingerprint density at radius 1 is 1.09 bits per heavy atom. The van der Waals surface area contributed by atoms with Crippen molar-refractivity contribution < 1.29 is 29.4 Å². The van der Waals surface area contributed by atoms with Crippen molar-refractivity contribution in [3.8, 4) is 0 Å². The number of thiol groups is 1. The van der Waals surface area contributed by atoms with Crippen molar-refractivity contribution in [2.45, 2.75) is 37.6 Å². The molecule has 0 radical (unpaired) electrons. The first kappa shape index (κ1) is 25.2. The predicted octanol–water partition coefficient (Wildman–Crippen LogP) is -1.48. The molecule has 1 aromatic carbocycles. The molecule has 0 aliphatic heterocycles. The quantitative estimate of drug-likeness (QED) is 0.186. The average Bonchev–Trinajstić information content (AvgIpc) is 3.17. The zero-order valence-electron chi connectivity index (χ0n) is 17.4. The molecule has 8 N–H and O–H groups in total. The van der Waals surface area contributed by atoms with E-state index < -0.39 is 47.9 Å². The van der Waals surface area contributed by atoms with Gasteiger partial charge in [0, 0.05) is 29.3 Å². The van der Waals surface area contributed by atoms with Crippen molar-refractivity contribution in [2.24, 2.45) is 5.73 Å². The van der Waals surface area contributed by atoms with Crippen LogP contribution in [-0.4, -0.2) is 75.4 Å². The Bertz CT molecular complexity index is 978. The van der Waals surface area contributed by atoms with Crippen molar-refractivity contribution in [3.63, 3.8) is 0 Å². The van der Waals surface area contributed by atoms with E-state index >= 15 is 0 Å². The van der Waals surface area contributed by atoms with Crippen LogP contribution in [0, 0.1) is 0 Å². The van der Waals surface area contributed by atoms with Gasteiger partial charge in [-0.1, -0.05) is 18.2 Å². The van der Waals surface area contributed by atoms with Crippen molar-refractivity contribution >= 4 is 47.2 Å². The lowest BCUT2D eigenvalue weighted by atomic mass is 10.0. The number of nitrogens with two attached hydrogens (primary N) is 1. The van der Waals surface area contributed by atoms with Gasteiger partial charge >= 0.3 is 5.97 Å². The van der Waals surface area contributed by atoms with Crippen molar-refractivity contribution in [2.75, 3.05) is 12.3 Å². The maximum absolute atomic E-state index is 12.9. The number of carbonyl (C=O) groups excluding carboxylic acids is 3. The van der Waals surface area contributed by atoms with E-state index in [4.69, 9.17) is 5.73 Å². The molecule has 0 saturated carbocycles. The fourth-order valence-corrected chi connectivity index (χ4v) is 3.35. The van der Waals surface area contributed by atoms with Crippen molar-refractivity contribution in [3.05, 3.63) is 36.0 Å². The Labute approximate surface area is 189 Å². The fraction of sp³-hybridized carbons (Fsp3) is 0.400. The summed E-state index contributed by atoms with van der Waals surface area (Å²) >= 11 is 4.06. The van der Waals surface area contributed by atoms with E-state index in [0.717, 1.165) is 10.9 Å². The largest absolute Gasteiger partial charge is 0.480 e. The van der Waals surface area contributed by atoms with Gasteiger partial charge in [0.15, 0.2) is 6.04 Å². The van der Waals surface area contributed by atoms with Crippen LogP contribution in [0.15, 0.2) is 30.5 Å². The van der Waals surface area contributed by atoms with E-state index in [1.54, 1.807) is 6.20 Å². The SMILES string of the molecule is CC(O)C(NC(=O)C(Cc1c[nH]c2ccccc12)NC(=O)C(CS)NC(=O)CN)C(=O)O. The predicted molar refractivity (Wildman–Crippen MR) is 120 cm³/mol. The van der Waals surface area contributed by atoms with Crippen LogP contribution in [0.1, 0.15) is 12.5 Å². The summed E-state index contributed by atoms with van der Waals surface area (Å²) in [6.45, 7) is 0.900. The summed E-state index contributed by atoms with van der Waals surface area (Å²) in [5.74, 6) is -3.54. The first-order valence-corrected chi connectivity index (χ1v) is 10.5. The summed E-state index contributed by atoms with van der Waals surface area (Å²) in [4.78, 5) is 51.7. The molecule has 32 heavy (non-hydrogen) atoms. The Hall–Kier alpha value is -3.09. The third-order valence-electron chi connectivity index (χ3n) is 4.80.